The molecule has 39 heavy (non-hydrogen) atoms. The van der Waals surface area contributed by atoms with E-state index in [1.165, 1.54) is 0 Å². The van der Waals surface area contributed by atoms with Gasteiger partial charge in [0.1, 0.15) is 5.82 Å². The van der Waals surface area contributed by atoms with Crippen molar-refractivity contribution in [3.05, 3.63) is 77.5 Å². The largest absolute Gasteiger partial charge is 0.392 e. The molecule has 0 radical (unpaired) electrons. The lowest BCUT2D eigenvalue weighted by atomic mass is 10.0. The number of aliphatic hydroxyl groups is 1. The smallest absolute Gasteiger partial charge is 0.251 e. The summed E-state index contributed by atoms with van der Waals surface area (Å²) in [7, 11) is 0. The molecule has 2 amide bonds. The van der Waals surface area contributed by atoms with Crippen LogP contribution < -0.4 is 10.6 Å². The summed E-state index contributed by atoms with van der Waals surface area (Å²) in [6.07, 6.45) is 8.29. The molecule has 1 unspecified atom stereocenters. The van der Waals surface area contributed by atoms with E-state index in [2.05, 4.69) is 25.5 Å². The monoisotopic (exact) mass is 546 g/mol. The van der Waals surface area contributed by atoms with Crippen LogP contribution in [0.5, 0.6) is 0 Å². The van der Waals surface area contributed by atoms with Gasteiger partial charge in [0.2, 0.25) is 5.91 Å². The van der Waals surface area contributed by atoms with E-state index in [4.69, 9.17) is 11.6 Å². The van der Waals surface area contributed by atoms with Gasteiger partial charge >= 0.3 is 0 Å². The van der Waals surface area contributed by atoms with E-state index in [1.807, 2.05) is 41.1 Å². The highest BCUT2D eigenvalue weighted by atomic mass is 35.5. The van der Waals surface area contributed by atoms with Crippen LogP contribution in [0, 0.1) is 5.92 Å². The van der Waals surface area contributed by atoms with Gasteiger partial charge < -0.3 is 25.3 Å². The van der Waals surface area contributed by atoms with Gasteiger partial charge in [-0.05, 0) is 55.7 Å². The quantitative estimate of drug-likeness (QED) is 0.278. The number of carbonyl (C=O) groups excluding carboxylic acids is 2. The van der Waals surface area contributed by atoms with Gasteiger partial charge in [0, 0.05) is 65.6 Å². The summed E-state index contributed by atoms with van der Waals surface area (Å²) < 4.78 is 2.03. The zero-order chi connectivity index (χ0) is 26.9. The van der Waals surface area contributed by atoms with Crippen LogP contribution in [-0.4, -0.2) is 61.6 Å². The second-order valence-electron chi connectivity index (χ2n) is 10.4. The second kappa shape index (κ2) is 10.8. The molecule has 2 fully saturated rings. The topological polar surface area (TPSA) is 115 Å². The third-order valence-corrected chi connectivity index (χ3v) is 8.12. The second-order valence-corrected chi connectivity index (χ2v) is 10.8. The van der Waals surface area contributed by atoms with Crippen LogP contribution in [0.4, 0.5) is 5.69 Å². The minimum absolute atomic E-state index is 0.0898. The van der Waals surface area contributed by atoms with Crippen LogP contribution in [0.15, 0.2) is 61.1 Å². The Morgan fingerprint density at radius 3 is 2.77 bits per heavy atom. The number of rotatable bonds is 7. The number of aliphatic hydroxyl groups excluding tert-OH is 1. The van der Waals surface area contributed by atoms with Gasteiger partial charge in [0.15, 0.2) is 0 Å². The van der Waals surface area contributed by atoms with Gasteiger partial charge in [-0.3, -0.25) is 14.5 Å². The number of amides is 2. The Labute approximate surface area is 231 Å². The first kappa shape index (κ1) is 25.6. The Morgan fingerprint density at radius 1 is 1.13 bits per heavy atom. The molecule has 1 aliphatic heterocycles. The van der Waals surface area contributed by atoms with Crippen LogP contribution in [0.25, 0.3) is 16.6 Å². The SMILES string of the molecule is O=C(N[C@@H]1CCC[C@@H]1C(=O)Nc1ccc(-n2ccnc2CN2CCC(O)C2)cc1)c1ccc2c(Cl)c[nH]c2c1. The fourth-order valence-electron chi connectivity index (χ4n) is 5.71. The first-order valence-corrected chi connectivity index (χ1v) is 13.7. The predicted molar refractivity (Wildman–Crippen MR) is 150 cm³/mol. The van der Waals surface area contributed by atoms with Gasteiger partial charge in [-0.15, -0.1) is 0 Å². The molecule has 2 aliphatic rings. The maximum atomic E-state index is 13.2. The number of halogens is 1. The highest BCUT2D eigenvalue weighted by Crippen LogP contribution is 2.29. The van der Waals surface area contributed by atoms with Crippen molar-refractivity contribution >= 4 is 40.0 Å². The maximum Gasteiger partial charge on any atom is 0.251 e. The molecular formula is C29H31ClN6O3. The maximum absolute atomic E-state index is 13.2. The molecular weight excluding hydrogens is 516 g/mol. The van der Waals surface area contributed by atoms with Crippen molar-refractivity contribution in [2.24, 2.45) is 5.92 Å². The Morgan fingerprint density at radius 2 is 1.97 bits per heavy atom. The van der Waals surface area contributed by atoms with E-state index in [0.717, 1.165) is 54.6 Å². The number of aromatic amines is 1. The molecule has 10 heteroatoms. The van der Waals surface area contributed by atoms with Crippen LogP contribution in [0.2, 0.25) is 5.02 Å². The number of aromatic nitrogens is 3. The number of benzene rings is 2. The minimum Gasteiger partial charge on any atom is -0.392 e. The van der Waals surface area contributed by atoms with Gasteiger partial charge in [0.05, 0.1) is 23.6 Å². The molecule has 202 valence electrons. The fraction of sp³-hybridized carbons (Fsp3) is 0.345. The minimum atomic E-state index is -0.298. The molecule has 2 aromatic heterocycles. The van der Waals surface area contributed by atoms with E-state index < -0.39 is 0 Å². The summed E-state index contributed by atoms with van der Waals surface area (Å²) in [4.78, 5) is 35.9. The summed E-state index contributed by atoms with van der Waals surface area (Å²) in [5.74, 6) is 0.321. The Hall–Kier alpha value is -3.66. The number of nitrogens with one attached hydrogen (secondary N) is 3. The van der Waals surface area contributed by atoms with E-state index in [0.29, 0.717) is 29.4 Å². The Kier molecular flexibility index (Phi) is 7.12. The van der Waals surface area contributed by atoms with Crippen LogP contribution >= 0.6 is 11.6 Å². The van der Waals surface area contributed by atoms with Crippen LogP contribution in [0.3, 0.4) is 0 Å². The summed E-state index contributed by atoms with van der Waals surface area (Å²) in [6, 6.07) is 12.8. The summed E-state index contributed by atoms with van der Waals surface area (Å²) in [6.45, 7) is 2.19. The van der Waals surface area contributed by atoms with Gasteiger partial charge in [-0.1, -0.05) is 24.1 Å². The lowest BCUT2D eigenvalue weighted by Crippen LogP contribution is -2.41. The van der Waals surface area contributed by atoms with E-state index in [-0.39, 0.29) is 29.9 Å². The number of anilines is 1. The molecule has 4 aromatic rings. The van der Waals surface area contributed by atoms with Gasteiger partial charge in [-0.2, -0.15) is 0 Å². The van der Waals surface area contributed by atoms with Crippen molar-refractivity contribution < 1.29 is 14.7 Å². The van der Waals surface area contributed by atoms with E-state index in [9.17, 15) is 14.7 Å². The Balaban J connectivity index is 1.08. The van der Waals surface area contributed by atoms with Crippen molar-refractivity contribution in [1.82, 2.24) is 24.8 Å². The molecule has 0 spiro atoms. The van der Waals surface area contributed by atoms with E-state index >= 15 is 0 Å². The number of nitrogens with zero attached hydrogens (tertiary/aromatic N) is 3. The predicted octanol–water partition coefficient (Wildman–Crippen LogP) is 4.11. The van der Waals surface area contributed by atoms with Crippen molar-refractivity contribution in [2.75, 3.05) is 18.4 Å². The molecule has 1 saturated carbocycles. The molecule has 2 aromatic carbocycles. The number of likely N-dealkylation sites (tertiary alicyclic amines) is 1. The zero-order valence-electron chi connectivity index (χ0n) is 21.4. The van der Waals surface area contributed by atoms with Crippen molar-refractivity contribution in [3.8, 4) is 5.69 Å². The number of hydrogen-bond acceptors (Lipinski definition) is 5. The summed E-state index contributed by atoms with van der Waals surface area (Å²) >= 11 is 6.15. The third-order valence-electron chi connectivity index (χ3n) is 7.81. The molecule has 1 saturated heterocycles. The number of imidazole rings is 1. The zero-order valence-corrected chi connectivity index (χ0v) is 22.2. The standard InChI is InChI=1S/C29H31ClN6O3/c30-24-15-32-26-14-18(4-9-22(24)26)28(38)34-25-3-1-2-23(25)29(39)33-19-5-7-20(8-6-19)36-13-11-31-27(36)17-35-12-10-21(37)16-35/h4-9,11,13-15,21,23,25,32,37H,1-3,10,12,16-17H2,(H,33,39)(H,34,38)/t21?,23-,25+/m0/s1. The molecule has 6 rings (SSSR count). The summed E-state index contributed by atoms with van der Waals surface area (Å²) in [5.41, 5.74) is 2.99. The van der Waals surface area contributed by atoms with Crippen molar-refractivity contribution in [3.63, 3.8) is 0 Å². The van der Waals surface area contributed by atoms with Crippen molar-refractivity contribution in [1.29, 1.82) is 0 Å². The van der Waals surface area contributed by atoms with E-state index in [1.54, 1.807) is 24.5 Å². The number of carbonyl (C=O) groups is 2. The first-order valence-electron chi connectivity index (χ1n) is 13.4. The normalized spacial score (nSPS) is 21.4. The van der Waals surface area contributed by atoms with Gasteiger partial charge in [0.25, 0.3) is 5.91 Å². The highest BCUT2D eigenvalue weighted by molar-refractivity contribution is 6.35. The highest BCUT2D eigenvalue weighted by Gasteiger charge is 2.34. The number of fused-ring (bicyclic) bond motifs is 1. The third kappa shape index (κ3) is 5.43. The lowest BCUT2D eigenvalue weighted by molar-refractivity contribution is -0.120. The molecule has 9 nitrogen and oxygen atoms in total. The Bertz CT molecular complexity index is 1500. The fourth-order valence-corrected chi connectivity index (χ4v) is 5.93. The number of hydrogen-bond donors (Lipinski definition) is 4. The first-order chi connectivity index (χ1) is 18.9. The average Bonchev–Trinajstić information content (AvgIpc) is 3.74. The van der Waals surface area contributed by atoms with Crippen LogP contribution in [0.1, 0.15) is 41.9 Å². The molecule has 0 bridgehead atoms. The van der Waals surface area contributed by atoms with Crippen molar-refractivity contribution in [2.45, 2.75) is 44.4 Å². The molecule has 4 N–H and O–H groups in total. The average molecular weight is 547 g/mol. The van der Waals surface area contributed by atoms with Gasteiger partial charge in [-0.25, -0.2) is 4.98 Å². The molecule has 3 atom stereocenters. The number of H-pyrrole nitrogens is 1. The molecule has 3 heterocycles. The lowest BCUT2D eigenvalue weighted by Gasteiger charge is -2.21. The van der Waals surface area contributed by atoms with Crippen LogP contribution in [-0.2, 0) is 11.3 Å². The molecule has 1 aliphatic carbocycles. The summed E-state index contributed by atoms with van der Waals surface area (Å²) in [5, 5.41) is 17.4. The number of β-amino-alcohol motifs (C(OH)–C–C–N with tert-alkyl or cyclic N) is 1.